The van der Waals surface area contributed by atoms with E-state index < -0.39 is 12.1 Å². The van der Waals surface area contributed by atoms with Gasteiger partial charge >= 0.3 is 11.9 Å². The molecule has 0 saturated carbocycles. The molecule has 21 heavy (non-hydrogen) atoms. The lowest BCUT2D eigenvalue weighted by atomic mass is 10.2. The maximum atomic E-state index is 11.8. The van der Waals surface area contributed by atoms with E-state index in [0.717, 1.165) is 15.2 Å². The first kappa shape index (κ1) is 14.0. The Hall–Kier alpha value is -1.95. The summed E-state index contributed by atoms with van der Waals surface area (Å²) in [6.45, 7) is 1.78. The first-order valence-corrected chi connectivity index (χ1v) is 7.68. The van der Waals surface area contributed by atoms with Gasteiger partial charge < -0.3 is 9.47 Å². The highest BCUT2D eigenvalue weighted by Gasteiger charge is 2.34. The fraction of sp³-hybridized carbons (Fsp3) is 0.400. The van der Waals surface area contributed by atoms with Crippen molar-refractivity contribution < 1.29 is 19.1 Å². The molecular formula is C15H15NO4S. The fourth-order valence-electron chi connectivity index (χ4n) is 2.27. The molecule has 2 heterocycles. The van der Waals surface area contributed by atoms with Gasteiger partial charge in [0.2, 0.25) is 6.10 Å². The molecule has 1 aromatic carbocycles. The van der Waals surface area contributed by atoms with E-state index in [4.69, 9.17) is 9.47 Å². The van der Waals surface area contributed by atoms with E-state index in [1.54, 1.807) is 18.3 Å². The number of para-hydroxylation sites is 1. The third kappa shape index (κ3) is 3.21. The largest absolute Gasteiger partial charge is 0.460 e. The predicted octanol–water partition coefficient (Wildman–Crippen LogP) is 2.48. The number of benzene rings is 1. The number of aryl methyl sites for hydroxylation is 1. The number of hydrogen-bond acceptors (Lipinski definition) is 6. The van der Waals surface area contributed by atoms with Gasteiger partial charge in [-0.25, -0.2) is 9.78 Å². The smallest absolute Gasteiger partial charge is 0.347 e. The quantitative estimate of drug-likeness (QED) is 0.812. The second-order valence-corrected chi connectivity index (χ2v) is 6.15. The molecule has 5 nitrogen and oxygen atoms in total. The highest BCUT2D eigenvalue weighted by atomic mass is 32.1. The van der Waals surface area contributed by atoms with Gasteiger partial charge in [0.05, 0.1) is 21.6 Å². The number of hydrogen-bond donors (Lipinski definition) is 0. The van der Waals surface area contributed by atoms with Crippen molar-refractivity contribution in [2.45, 2.75) is 38.4 Å². The van der Waals surface area contributed by atoms with Crippen LogP contribution in [0, 0.1) is 0 Å². The molecule has 0 bridgehead atoms. The van der Waals surface area contributed by atoms with Crippen LogP contribution < -0.4 is 0 Å². The monoisotopic (exact) mass is 305 g/mol. The number of aromatic nitrogens is 1. The maximum Gasteiger partial charge on any atom is 0.347 e. The molecule has 1 aromatic heterocycles. The van der Waals surface area contributed by atoms with Crippen molar-refractivity contribution in [3.63, 3.8) is 0 Å². The molecule has 2 aromatic rings. The number of cyclic esters (lactones) is 1. The van der Waals surface area contributed by atoms with E-state index in [0.29, 0.717) is 12.8 Å². The summed E-state index contributed by atoms with van der Waals surface area (Å²) in [6.07, 6.45) is 0.251. The molecular weight excluding hydrogens is 290 g/mol. The summed E-state index contributed by atoms with van der Waals surface area (Å²) in [7, 11) is 0. The number of carbonyl (C=O) groups excluding carboxylic acids is 2. The van der Waals surface area contributed by atoms with Crippen molar-refractivity contribution in [2.75, 3.05) is 0 Å². The van der Waals surface area contributed by atoms with Gasteiger partial charge in [-0.05, 0) is 19.1 Å². The van der Waals surface area contributed by atoms with Gasteiger partial charge in [0.15, 0.2) is 0 Å². The normalized spacial score (nSPS) is 21.5. The van der Waals surface area contributed by atoms with E-state index >= 15 is 0 Å². The minimum absolute atomic E-state index is 0.181. The lowest BCUT2D eigenvalue weighted by Gasteiger charge is -2.07. The Bertz CT molecular complexity index is 648. The molecule has 0 aliphatic carbocycles. The summed E-state index contributed by atoms with van der Waals surface area (Å²) in [6, 6.07) is 7.85. The topological polar surface area (TPSA) is 65.5 Å². The third-order valence-electron chi connectivity index (χ3n) is 3.28. The summed E-state index contributed by atoms with van der Waals surface area (Å²) < 4.78 is 11.2. The van der Waals surface area contributed by atoms with Crippen LogP contribution in [0.4, 0.5) is 0 Å². The van der Waals surface area contributed by atoms with Crippen LogP contribution >= 0.6 is 11.3 Å². The molecule has 2 unspecified atom stereocenters. The lowest BCUT2D eigenvalue weighted by Crippen LogP contribution is -2.22. The van der Waals surface area contributed by atoms with Gasteiger partial charge in [-0.3, -0.25) is 4.79 Å². The van der Waals surface area contributed by atoms with Crippen molar-refractivity contribution in [2.24, 2.45) is 0 Å². The highest BCUT2D eigenvalue weighted by molar-refractivity contribution is 7.18. The van der Waals surface area contributed by atoms with E-state index in [9.17, 15) is 9.59 Å². The molecule has 0 spiro atoms. The molecule has 3 rings (SSSR count). The SMILES string of the molecule is CC1CC(OC(=O)CCc2nc3ccccc3s2)C(=O)O1. The molecule has 2 atom stereocenters. The number of thiazole rings is 1. The second-order valence-electron chi connectivity index (χ2n) is 5.04. The Labute approximate surface area is 125 Å². The summed E-state index contributed by atoms with van der Waals surface area (Å²) in [4.78, 5) is 27.7. The number of rotatable bonds is 4. The molecule has 6 heteroatoms. The van der Waals surface area contributed by atoms with E-state index in [-0.39, 0.29) is 18.5 Å². The van der Waals surface area contributed by atoms with Crippen LogP contribution in [-0.2, 0) is 25.5 Å². The van der Waals surface area contributed by atoms with E-state index in [2.05, 4.69) is 4.98 Å². The highest BCUT2D eigenvalue weighted by Crippen LogP contribution is 2.23. The van der Waals surface area contributed by atoms with Gasteiger partial charge in [-0.2, -0.15) is 0 Å². The summed E-state index contributed by atoms with van der Waals surface area (Å²) in [5.74, 6) is -0.832. The van der Waals surface area contributed by atoms with Crippen LogP contribution in [0.15, 0.2) is 24.3 Å². The molecule has 1 aliphatic rings. The fourth-order valence-corrected chi connectivity index (χ4v) is 3.24. The Kier molecular flexibility index (Phi) is 3.88. The van der Waals surface area contributed by atoms with Gasteiger partial charge in [-0.1, -0.05) is 12.1 Å². The van der Waals surface area contributed by atoms with Crippen molar-refractivity contribution >= 4 is 33.5 Å². The number of ether oxygens (including phenoxy) is 2. The van der Waals surface area contributed by atoms with Crippen LogP contribution in [0.2, 0.25) is 0 Å². The lowest BCUT2D eigenvalue weighted by molar-refractivity contribution is -0.160. The Balaban J connectivity index is 1.55. The minimum atomic E-state index is -0.747. The standard InChI is InChI=1S/C15H15NO4S/c1-9-8-11(15(18)19-9)20-14(17)7-6-13-16-10-4-2-3-5-12(10)21-13/h2-5,9,11H,6-8H2,1H3. The number of nitrogens with zero attached hydrogens (tertiary/aromatic N) is 1. The zero-order valence-corrected chi connectivity index (χ0v) is 12.4. The number of esters is 2. The molecule has 0 amide bonds. The predicted molar refractivity (Wildman–Crippen MR) is 78.0 cm³/mol. The summed E-state index contributed by atoms with van der Waals surface area (Å²) >= 11 is 1.57. The van der Waals surface area contributed by atoms with Crippen molar-refractivity contribution in [3.05, 3.63) is 29.3 Å². The third-order valence-corrected chi connectivity index (χ3v) is 4.38. The summed E-state index contributed by atoms with van der Waals surface area (Å²) in [5.41, 5.74) is 0.944. The first-order valence-electron chi connectivity index (χ1n) is 6.86. The van der Waals surface area contributed by atoms with Crippen molar-refractivity contribution in [1.82, 2.24) is 4.98 Å². The average molecular weight is 305 g/mol. The Morgan fingerprint density at radius 3 is 3.00 bits per heavy atom. The number of carbonyl (C=O) groups is 2. The number of fused-ring (bicyclic) bond motifs is 1. The van der Waals surface area contributed by atoms with Gasteiger partial charge in [0.1, 0.15) is 6.10 Å². The zero-order valence-electron chi connectivity index (χ0n) is 11.6. The molecule has 0 radical (unpaired) electrons. The Morgan fingerprint density at radius 2 is 2.29 bits per heavy atom. The first-order chi connectivity index (χ1) is 10.1. The van der Waals surface area contributed by atoms with Crippen LogP contribution in [0.1, 0.15) is 24.8 Å². The summed E-state index contributed by atoms with van der Waals surface area (Å²) in [5, 5.41) is 0.899. The van der Waals surface area contributed by atoms with Crippen LogP contribution in [-0.4, -0.2) is 29.1 Å². The van der Waals surface area contributed by atoms with Gasteiger partial charge in [0.25, 0.3) is 0 Å². The van der Waals surface area contributed by atoms with Gasteiger partial charge in [0, 0.05) is 12.8 Å². The average Bonchev–Trinajstić information content (AvgIpc) is 2.99. The molecule has 110 valence electrons. The maximum absolute atomic E-state index is 11.8. The molecule has 0 N–H and O–H groups in total. The van der Waals surface area contributed by atoms with Gasteiger partial charge in [-0.15, -0.1) is 11.3 Å². The minimum Gasteiger partial charge on any atom is -0.460 e. The van der Waals surface area contributed by atoms with E-state index in [1.807, 2.05) is 24.3 Å². The molecule has 1 aliphatic heterocycles. The molecule has 1 fully saturated rings. The van der Waals surface area contributed by atoms with Crippen LogP contribution in [0.3, 0.4) is 0 Å². The zero-order chi connectivity index (χ0) is 14.8. The van der Waals surface area contributed by atoms with Crippen molar-refractivity contribution in [3.8, 4) is 0 Å². The second kappa shape index (κ2) is 5.81. The Morgan fingerprint density at radius 1 is 1.48 bits per heavy atom. The van der Waals surface area contributed by atoms with Crippen molar-refractivity contribution in [1.29, 1.82) is 0 Å². The van der Waals surface area contributed by atoms with Crippen LogP contribution in [0.25, 0.3) is 10.2 Å². The molecule has 1 saturated heterocycles. The van der Waals surface area contributed by atoms with Crippen LogP contribution in [0.5, 0.6) is 0 Å². The van der Waals surface area contributed by atoms with E-state index in [1.165, 1.54) is 0 Å².